The molecule has 0 bridgehead atoms. The summed E-state index contributed by atoms with van der Waals surface area (Å²) in [7, 11) is 0. The zero-order valence-electron chi connectivity index (χ0n) is 20.5. The molecule has 0 saturated heterocycles. The molecule has 5 rings (SSSR count). The summed E-state index contributed by atoms with van der Waals surface area (Å²) in [5.41, 5.74) is -2.55. The van der Waals surface area contributed by atoms with E-state index in [1.54, 1.807) is 0 Å². The zero-order chi connectivity index (χ0) is 25.6. The van der Waals surface area contributed by atoms with E-state index in [1.807, 2.05) is 0 Å². The summed E-state index contributed by atoms with van der Waals surface area (Å²) in [4.78, 5) is 7.48. The van der Waals surface area contributed by atoms with Crippen molar-refractivity contribution in [1.82, 2.24) is 9.97 Å². The molecule has 2 heterocycles. The summed E-state index contributed by atoms with van der Waals surface area (Å²) in [6, 6.07) is 0.275. The minimum atomic E-state index is -5.04. The molecule has 0 atom stereocenters. The molecule has 3 aromatic carbocycles. The average molecular weight is 452 g/mol. The quantitative estimate of drug-likeness (QED) is 0.182. The van der Waals surface area contributed by atoms with E-state index in [0.717, 1.165) is 12.1 Å². The third kappa shape index (κ3) is 2.54. The van der Waals surface area contributed by atoms with E-state index in [-0.39, 0.29) is 31.9 Å². The summed E-state index contributed by atoms with van der Waals surface area (Å²) >= 11 is -0.884. The zero-order valence-corrected chi connectivity index (χ0v) is 15.3. The van der Waals surface area contributed by atoms with Crippen LogP contribution in [0.25, 0.3) is 41.5 Å². The molecule has 0 aliphatic heterocycles. The molecule has 0 radical (unpaired) electrons. The maximum atomic E-state index is 15.8. The van der Waals surface area contributed by atoms with E-state index in [0.29, 0.717) is 0 Å². The first kappa shape index (κ1) is 11.3. The predicted molar refractivity (Wildman–Crippen MR) is 102 cm³/mol. The summed E-state index contributed by atoms with van der Waals surface area (Å²) in [5, 5.41) is -1.72. The number of fused-ring (bicyclic) bond motifs is 3. The van der Waals surface area contributed by atoms with Crippen molar-refractivity contribution in [2.45, 2.75) is 6.18 Å². The van der Waals surface area contributed by atoms with Gasteiger partial charge in [0.1, 0.15) is 0 Å². The van der Waals surface area contributed by atoms with Gasteiger partial charge in [-0.05, 0) is 0 Å². The van der Waals surface area contributed by atoms with Crippen LogP contribution in [-0.2, 0) is 6.18 Å². The van der Waals surface area contributed by atoms with E-state index in [1.165, 1.54) is 6.07 Å². The van der Waals surface area contributed by atoms with Gasteiger partial charge in [0.25, 0.3) is 0 Å². The van der Waals surface area contributed by atoms with Crippen LogP contribution in [0.4, 0.5) is 17.6 Å². The molecule has 0 aliphatic carbocycles. The molecule has 0 N–H and O–H groups in total. The van der Waals surface area contributed by atoms with Gasteiger partial charge in [0.2, 0.25) is 0 Å². The van der Waals surface area contributed by atoms with Gasteiger partial charge in [-0.15, -0.1) is 0 Å². The summed E-state index contributed by atoms with van der Waals surface area (Å²) in [6.07, 6.45) is -5.86. The second kappa shape index (κ2) is 6.12. The molecule has 2 aromatic heterocycles. The standard InChI is InChI=1S/C21H10F4N2Se/c22-18-13-7-3-2-6-12(13)17(21(23,24)25)20-16(18)19(26-10-27-20)15-9-11-5-1-4-8-14(11)28-15/h1-10H/i1D,2D,3D,4D,5D,8D,10D. The number of halogens is 4. The van der Waals surface area contributed by atoms with Gasteiger partial charge in [0.15, 0.2) is 0 Å². The first-order chi connectivity index (χ1) is 16.3. The molecular weight excluding hydrogens is 435 g/mol. The third-order valence-corrected chi connectivity index (χ3v) is 6.47. The maximum absolute atomic E-state index is 15.8. The molecule has 2 nitrogen and oxygen atoms in total. The number of alkyl halides is 3. The van der Waals surface area contributed by atoms with Crippen molar-refractivity contribution in [1.29, 1.82) is 0 Å². The van der Waals surface area contributed by atoms with Gasteiger partial charge in [0, 0.05) is 0 Å². The van der Waals surface area contributed by atoms with Crippen LogP contribution in [0.5, 0.6) is 0 Å². The molecule has 138 valence electrons. The van der Waals surface area contributed by atoms with Crippen LogP contribution in [-0.4, -0.2) is 24.5 Å². The first-order valence-corrected chi connectivity index (χ1v) is 9.50. The van der Waals surface area contributed by atoms with Crippen LogP contribution in [0.15, 0.2) is 60.8 Å². The number of hydrogen-bond acceptors (Lipinski definition) is 2. The number of benzene rings is 3. The fourth-order valence-electron chi connectivity index (χ4n) is 3.12. The average Bonchev–Trinajstić information content (AvgIpc) is 3.22. The summed E-state index contributed by atoms with van der Waals surface area (Å²) in [6.45, 7) is 0. The molecule has 0 unspecified atom stereocenters. The van der Waals surface area contributed by atoms with Crippen molar-refractivity contribution in [2.75, 3.05) is 0 Å². The number of hydrogen-bond donors (Lipinski definition) is 0. The Morgan fingerprint density at radius 1 is 0.964 bits per heavy atom. The Kier molecular flexibility index (Phi) is 2.47. The second-order valence-corrected chi connectivity index (χ2v) is 8.05. The van der Waals surface area contributed by atoms with E-state index in [4.69, 9.17) is 9.60 Å². The number of nitrogens with zero attached hydrogens (tertiary/aromatic N) is 2. The molecule has 7 heteroatoms. The summed E-state index contributed by atoms with van der Waals surface area (Å²) < 4.78 is 114. The fraction of sp³-hybridized carbons (Fsp3) is 0.0476. The van der Waals surface area contributed by atoms with Crippen molar-refractivity contribution in [2.24, 2.45) is 0 Å². The van der Waals surface area contributed by atoms with Crippen molar-refractivity contribution in [3.8, 4) is 10.1 Å². The van der Waals surface area contributed by atoms with Crippen LogP contribution in [0, 0.1) is 5.82 Å². The van der Waals surface area contributed by atoms with Crippen LogP contribution < -0.4 is 0 Å². The predicted octanol–water partition coefficient (Wildman–Crippen LogP) is 5.82. The van der Waals surface area contributed by atoms with Crippen molar-refractivity contribution in [3.63, 3.8) is 0 Å². The molecule has 5 aromatic rings. The fourth-order valence-corrected chi connectivity index (χ4v) is 5.14. The number of rotatable bonds is 1. The topological polar surface area (TPSA) is 25.8 Å². The van der Waals surface area contributed by atoms with Crippen LogP contribution in [0.1, 0.15) is 15.2 Å². The molecular formula is C21H10F4N2Se. The summed E-state index contributed by atoms with van der Waals surface area (Å²) in [5.74, 6) is -1.15. The van der Waals surface area contributed by atoms with E-state index in [2.05, 4.69) is 9.97 Å². The first-order valence-electron chi connectivity index (χ1n) is 11.3. The van der Waals surface area contributed by atoms with Gasteiger partial charge in [-0.1, -0.05) is 0 Å². The van der Waals surface area contributed by atoms with Gasteiger partial charge in [0.05, 0.1) is 0 Å². The minimum absolute atomic E-state index is 0.133. The molecule has 0 spiro atoms. The van der Waals surface area contributed by atoms with Crippen LogP contribution in [0.3, 0.4) is 0 Å². The third-order valence-electron chi connectivity index (χ3n) is 4.25. The van der Waals surface area contributed by atoms with Crippen LogP contribution >= 0.6 is 0 Å². The molecule has 0 fully saturated rings. The van der Waals surface area contributed by atoms with E-state index >= 15 is 4.39 Å². The Morgan fingerprint density at radius 3 is 2.50 bits per heavy atom. The Balaban J connectivity index is 2.00. The van der Waals surface area contributed by atoms with E-state index in [9.17, 15) is 13.2 Å². The monoisotopic (exact) mass is 453 g/mol. The van der Waals surface area contributed by atoms with Crippen molar-refractivity contribution in [3.05, 3.63) is 72.1 Å². The Hall–Kier alpha value is -2.76. The normalized spacial score (nSPS) is 15.8. The van der Waals surface area contributed by atoms with Gasteiger partial charge < -0.3 is 0 Å². The Labute approximate surface area is 172 Å². The molecule has 28 heavy (non-hydrogen) atoms. The van der Waals surface area contributed by atoms with Gasteiger partial charge in [-0.25, -0.2) is 0 Å². The van der Waals surface area contributed by atoms with E-state index < -0.39 is 84.2 Å². The van der Waals surface area contributed by atoms with Crippen LogP contribution in [0.2, 0.25) is 0 Å². The molecule has 0 saturated carbocycles. The van der Waals surface area contributed by atoms with Gasteiger partial charge >= 0.3 is 171 Å². The Morgan fingerprint density at radius 2 is 1.71 bits per heavy atom. The van der Waals surface area contributed by atoms with Crippen molar-refractivity contribution >= 4 is 45.8 Å². The number of aromatic nitrogens is 2. The van der Waals surface area contributed by atoms with Crippen molar-refractivity contribution < 1.29 is 27.2 Å². The second-order valence-electron chi connectivity index (χ2n) is 5.84. The Bertz CT molecular complexity index is 1690. The SMILES string of the molecule is [2H]c1nc(-c2cc3c([2H])c([2H])c([2H])c([2H])c3[se]2)c2c(F)c3cc([2H])c([2H])cc3c(C(F)(F)F)c2n1. The van der Waals surface area contributed by atoms with Gasteiger partial charge in [-0.2, -0.15) is 0 Å². The van der Waals surface area contributed by atoms with Gasteiger partial charge in [-0.3, -0.25) is 0 Å². The molecule has 0 amide bonds. The molecule has 0 aliphatic rings.